The second-order valence-corrected chi connectivity index (χ2v) is 13.0. The molecule has 4 rings (SSSR count). The Labute approximate surface area is 220 Å². The SMILES string of the molecule is CSc1ccc(S(=O)(=O)N2CCC(C(=O)Nc3ccc(S(=O)(=O)Nc4ccc(F)cc4)cc3)CC2)cc1. The number of carbonyl (C=O) groups excluding carboxylic acids is 1. The first-order valence-corrected chi connectivity index (χ1v) is 15.6. The molecule has 8 nitrogen and oxygen atoms in total. The Hall–Kier alpha value is -2.93. The van der Waals surface area contributed by atoms with Crippen LogP contribution < -0.4 is 10.0 Å². The van der Waals surface area contributed by atoms with Gasteiger partial charge in [0.15, 0.2) is 0 Å². The number of benzene rings is 3. The molecular formula is C25H26FN3O5S3. The van der Waals surface area contributed by atoms with E-state index in [1.165, 1.54) is 52.5 Å². The number of piperidine rings is 1. The molecule has 3 aromatic carbocycles. The highest BCUT2D eigenvalue weighted by atomic mass is 32.2. The van der Waals surface area contributed by atoms with Gasteiger partial charge in [-0.3, -0.25) is 9.52 Å². The van der Waals surface area contributed by atoms with Crippen molar-refractivity contribution in [3.63, 3.8) is 0 Å². The Morgan fingerprint density at radius 3 is 1.95 bits per heavy atom. The molecule has 196 valence electrons. The molecule has 3 aromatic rings. The molecule has 0 aromatic heterocycles. The molecule has 1 amide bonds. The molecule has 2 N–H and O–H groups in total. The second kappa shape index (κ2) is 11.2. The van der Waals surface area contributed by atoms with Crippen molar-refractivity contribution >= 4 is 49.1 Å². The van der Waals surface area contributed by atoms with E-state index in [-0.39, 0.29) is 40.4 Å². The Balaban J connectivity index is 1.33. The van der Waals surface area contributed by atoms with Gasteiger partial charge in [-0.05, 0) is 91.9 Å². The summed E-state index contributed by atoms with van der Waals surface area (Å²) in [6.07, 6.45) is 2.67. The summed E-state index contributed by atoms with van der Waals surface area (Å²) in [6.45, 7) is 0.466. The summed E-state index contributed by atoms with van der Waals surface area (Å²) in [5.41, 5.74) is 0.652. The van der Waals surface area contributed by atoms with Crippen LogP contribution in [0, 0.1) is 11.7 Å². The van der Waals surface area contributed by atoms with Crippen LogP contribution in [0.1, 0.15) is 12.8 Å². The normalized spacial score (nSPS) is 15.3. The van der Waals surface area contributed by atoms with Crippen molar-refractivity contribution in [2.24, 2.45) is 5.92 Å². The topological polar surface area (TPSA) is 113 Å². The van der Waals surface area contributed by atoms with E-state index in [4.69, 9.17) is 0 Å². The van der Waals surface area contributed by atoms with E-state index in [2.05, 4.69) is 10.0 Å². The third-order valence-electron chi connectivity index (χ3n) is 6.05. The molecule has 0 spiro atoms. The van der Waals surface area contributed by atoms with Crippen molar-refractivity contribution < 1.29 is 26.0 Å². The molecule has 12 heteroatoms. The first kappa shape index (κ1) is 27.1. The molecule has 1 aliphatic rings. The molecule has 1 aliphatic heterocycles. The van der Waals surface area contributed by atoms with Crippen LogP contribution in [0.15, 0.2) is 87.5 Å². The molecule has 1 heterocycles. The minimum atomic E-state index is -3.89. The summed E-state index contributed by atoms with van der Waals surface area (Å²) in [4.78, 5) is 14.0. The third-order valence-corrected chi connectivity index (χ3v) is 10.1. The second-order valence-electron chi connectivity index (χ2n) is 8.48. The Bertz CT molecular complexity index is 1450. The Morgan fingerprint density at radius 1 is 0.838 bits per heavy atom. The summed E-state index contributed by atoms with van der Waals surface area (Å²) in [7, 11) is -7.52. The van der Waals surface area contributed by atoms with Crippen molar-refractivity contribution in [3.8, 4) is 0 Å². The smallest absolute Gasteiger partial charge is 0.261 e. The number of anilines is 2. The summed E-state index contributed by atoms with van der Waals surface area (Å²) >= 11 is 1.53. The summed E-state index contributed by atoms with van der Waals surface area (Å²) in [5.74, 6) is -1.09. The van der Waals surface area contributed by atoms with Gasteiger partial charge in [-0.15, -0.1) is 11.8 Å². The number of nitrogens with one attached hydrogen (secondary N) is 2. The van der Waals surface area contributed by atoms with Crippen molar-refractivity contribution in [1.82, 2.24) is 4.31 Å². The summed E-state index contributed by atoms with van der Waals surface area (Å²) in [6, 6.07) is 17.4. The number of rotatable bonds is 8. The molecular weight excluding hydrogens is 537 g/mol. The van der Waals surface area contributed by atoms with Crippen LogP contribution in [0.25, 0.3) is 0 Å². The third kappa shape index (κ3) is 6.50. The average Bonchev–Trinajstić information content (AvgIpc) is 2.90. The summed E-state index contributed by atoms with van der Waals surface area (Å²) in [5, 5.41) is 2.78. The lowest BCUT2D eigenvalue weighted by molar-refractivity contribution is -0.120. The van der Waals surface area contributed by atoms with Gasteiger partial charge in [0, 0.05) is 35.3 Å². The van der Waals surface area contributed by atoms with E-state index in [9.17, 15) is 26.0 Å². The van der Waals surface area contributed by atoms with Crippen LogP contribution in [0.4, 0.5) is 15.8 Å². The number of halogens is 1. The van der Waals surface area contributed by atoms with Gasteiger partial charge < -0.3 is 5.32 Å². The molecule has 0 radical (unpaired) electrons. The average molecular weight is 564 g/mol. The zero-order chi connectivity index (χ0) is 26.6. The standard InChI is InChI=1S/C25H26FN3O5S3/c1-35-22-8-12-24(13-9-22)37(33,34)29-16-14-18(15-17-29)25(30)27-20-6-10-23(11-7-20)36(31,32)28-21-4-2-19(26)3-5-21/h2-13,18,28H,14-17H2,1H3,(H,27,30). The molecule has 0 saturated carbocycles. The maximum atomic E-state index is 13.0. The predicted octanol–water partition coefficient (Wildman–Crippen LogP) is 4.39. The van der Waals surface area contributed by atoms with E-state index in [0.29, 0.717) is 18.5 Å². The fourth-order valence-corrected chi connectivity index (χ4v) is 6.89. The highest BCUT2D eigenvalue weighted by Gasteiger charge is 2.32. The number of thioether (sulfide) groups is 1. The fourth-order valence-electron chi connectivity index (χ4n) is 3.95. The van der Waals surface area contributed by atoms with E-state index in [1.54, 1.807) is 24.3 Å². The first-order valence-electron chi connectivity index (χ1n) is 11.4. The molecule has 37 heavy (non-hydrogen) atoms. The van der Waals surface area contributed by atoms with Gasteiger partial charge in [0.25, 0.3) is 10.0 Å². The highest BCUT2D eigenvalue weighted by molar-refractivity contribution is 7.98. The van der Waals surface area contributed by atoms with Gasteiger partial charge in [-0.1, -0.05) is 0 Å². The number of hydrogen-bond acceptors (Lipinski definition) is 6. The van der Waals surface area contributed by atoms with Gasteiger partial charge in [-0.2, -0.15) is 4.31 Å². The predicted molar refractivity (Wildman–Crippen MR) is 142 cm³/mol. The molecule has 1 fully saturated rings. The summed E-state index contributed by atoms with van der Waals surface area (Å²) < 4.78 is 67.8. The highest BCUT2D eigenvalue weighted by Crippen LogP contribution is 2.27. The fraction of sp³-hybridized carbons (Fsp3) is 0.240. The van der Waals surface area contributed by atoms with Crippen molar-refractivity contribution in [2.75, 3.05) is 29.4 Å². The lowest BCUT2D eigenvalue weighted by Crippen LogP contribution is -2.41. The molecule has 1 saturated heterocycles. The number of nitrogens with zero attached hydrogens (tertiary/aromatic N) is 1. The minimum Gasteiger partial charge on any atom is -0.326 e. The van der Waals surface area contributed by atoms with E-state index < -0.39 is 25.9 Å². The zero-order valence-corrected chi connectivity index (χ0v) is 22.4. The number of sulfonamides is 2. The number of carbonyl (C=O) groups is 1. The van der Waals surface area contributed by atoms with Crippen LogP contribution in [-0.2, 0) is 24.8 Å². The van der Waals surface area contributed by atoms with Gasteiger partial charge in [0.05, 0.1) is 9.79 Å². The molecule has 0 aliphatic carbocycles. The maximum absolute atomic E-state index is 13.0. The maximum Gasteiger partial charge on any atom is 0.261 e. The largest absolute Gasteiger partial charge is 0.326 e. The van der Waals surface area contributed by atoms with Crippen LogP contribution in [-0.4, -0.2) is 46.4 Å². The van der Waals surface area contributed by atoms with E-state index >= 15 is 0 Å². The van der Waals surface area contributed by atoms with E-state index in [1.807, 2.05) is 6.26 Å². The van der Waals surface area contributed by atoms with Crippen LogP contribution >= 0.6 is 11.8 Å². The first-order chi connectivity index (χ1) is 17.6. The minimum absolute atomic E-state index is 0.0149. The Morgan fingerprint density at radius 2 is 1.38 bits per heavy atom. The van der Waals surface area contributed by atoms with Crippen LogP contribution in [0.3, 0.4) is 0 Å². The van der Waals surface area contributed by atoms with Gasteiger partial charge in [-0.25, -0.2) is 21.2 Å². The van der Waals surface area contributed by atoms with Crippen LogP contribution in [0.5, 0.6) is 0 Å². The van der Waals surface area contributed by atoms with Crippen LogP contribution in [0.2, 0.25) is 0 Å². The monoisotopic (exact) mass is 563 g/mol. The van der Waals surface area contributed by atoms with Crippen molar-refractivity contribution in [1.29, 1.82) is 0 Å². The molecule has 0 atom stereocenters. The van der Waals surface area contributed by atoms with Gasteiger partial charge >= 0.3 is 0 Å². The lowest BCUT2D eigenvalue weighted by Gasteiger charge is -2.30. The molecule has 0 unspecified atom stereocenters. The molecule has 0 bridgehead atoms. The number of hydrogen-bond donors (Lipinski definition) is 2. The number of amides is 1. The van der Waals surface area contributed by atoms with E-state index in [0.717, 1.165) is 17.0 Å². The lowest BCUT2D eigenvalue weighted by atomic mass is 9.97. The van der Waals surface area contributed by atoms with Gasteiger partial charge in [0.2, 0.25) is 15.9 Å². The zero-order valence-electron chi connectivity index (χ0n) is 19.9. The van der Waals surface area contributed by atoms with Crippen molar-refractivity contribution in [2.45, 2.75) is 27.5 Å². The van der Waals surface area contributed by atoms with Crippen molar-refractivity contribution in [3.05, 3.63) is 78.6 Å². The van der Waals surface area contributed by atoms with Gasteiger partial charge in [0.1, 0.15) is 5.82 Å². The Kier molecular flexibility index (Phi) is 8.22. The quantitative estimate of drug-likeness (QED) is 0.393.